The van der Waals surface area contributed by atoms with Crippen molar-refractivity contribution in [2.45, 2.75) is 0 Å². The molecule has 28 heavy (non-hydrogen) atoms. The zero-order valence-electron chi connectivity index (χ0n) is 15.5. The lowest BCUT2D eigenvalue weighted by Gasteiger charge is -2.12. The average molecular weight is 356 g/mol. The van der Waals surface area contributed by atoms with Crippen molar-refractivity contribution in [3.63, 3.8) is 0 Å². The van der Waals surface area contributed by atoms with Gasteiger partial charge in [0.15, 0.2) is 0 Å². The third-order valence-corrected chi connectivity index (χ3v) is 5.31. The molecule has 5 aromatic carbocycles. The van der Waals surface area contributed by atoms with Crippen LogP contribution in [0.15, 0.2) is 121 Å². The first kappa shape index (κ1) is 16.5. The van der Waals surface area contributed by atoms with Gasteiger partial charge in [0, 0.05) is 0 Å². The van der Waals surface area contributed by atoms with Gasteiger partial charge in [0.25, 0.3) is 0 Å². The molecule has 0 fully saturated rings. The van der Waals surface area contributed by atoms with Gasteiger partial charge in [0.1, 0.15) is 0 Å². The van der Waals surface area contributed by atoms with Crippen molar-refractivity contribution in [2.75, 3.05) is 0 Å². The average Bonchev–Trinajstić information content (AvgIpc) is 2.80. The van der Waals surface area contributed by atoms with E-state index in [1.54, 1.807) is 0 Å². The van der Waals surface area contributed by atoms with Crippen LogP contribution in [0.4, 0.5) is 0 Å². The largest absolute Gasteiger partial charge is 0.0622 e. The van der Waals surface area contributed by atoms with Crippen molar-refractivity contribution in [3.8, 4) is 33.4 Å². The third-order valence-electron chi connectivity index (χ3n) is 5.31. The number of hydrogen-bond acceptors (Lipinski definition) is 0. The van der Waals surface area contributed by atoms with E-state index < -0.39 is 0 Å². The maximum absolute atomic E-state index is 2.25. The van der Waals surface area contributed by atoms with Crippen LogP contribution in [0.25, 0.3) is 44.2 Å². The lowest BCUT2D eigenvalue weighted by Crippen LogP contribution is -1.86. The van der Waals surface area contributed by atoms with Crippen LogP contribution in [0.2, 0.25) is 0 Å². The van der Waals surface area contributed by atoms with Crippen LogP contribution in [0.1, 0.15) is 0 Å². The fraction of sp³-hybridized carbons (Fsp3) is 0. The number of rotatable bonds is 3. The fourth-order valence-corrected chi connectivity index (χ4v) is 3.89. The predicted molar refractivity (Wildman–Crippen MR) is 120 cm³/mol. The Balaban J connectivity index is 1.62. The smallest absolute Gasteiger partial charge is 0.00992 e. The van der Waals surface area contributed by atoms with Gasteiger partial charge in [-0.3, -0.25) is 0 Å². The fourth-order valence-electron chi connectivity index (χ4n) is 3.89. The van der Waals surface area contributed by atoms with E-state index in [-0.39, 0.29) is 0 Å². The molecule has 0 N–H and O–H groups in total. The van der Waals surface area contributed by atoms with Gasteiger partial charge in [-0.15, -0.1) is 0 Å². The molecule has 0 nitrogen and oxygen atoms in total. The van der Waals surface area contributed by atoms with Gasteiger partial charge in [-0.25, -0.2) is 0 Å². The molecular weight excluding hydrogens is 336 g/mol. The zero-order chi connectivity index (χ0) is 18.8. The molecule has 0 heterocycles. The molecule has 0 aliphatic carbocycles. The van der Waals surface area contributed by atoms with Gasteiger partial charge in [-0.2, -0.15) is 0 Å². The molecule has 0 atom stereocenters. The standard InChI is InChI=1S/C28H20/c1-3-9-21(10-4-1)22-15-17-24(18-16-22)26-20-19-25(23-11-5-2-6-12-23)27-13-7-8-14-28(26)27/h1-20H. The summed E-state index contributed by atoms with van der Waals surface area (Å²) in [6, 6.07) is 43.2. The van der Waals surface area contributed by atoms with Crippen molar-refractivity contribution in [1.29, 1.82) is 0 Å². The third kappa shape index (κ3) is 3.00. The van der Waals surface area contributed by atoms with E-state index in [0.29, 0.717) is 0 Å². The first-order chi connectivity index (χ1) is 13.9. The molecule has 0 amide bonds. The summed E-state index contributed by atoms with van der Waals surface area (Å²) in [5.41, 5.74) is 7.55. The molecule has 5 aromatic rings. The van der Waals surface area contributed by atoms with E-state index in [9.17, 15) is 0 Å². The molecule has 0 aliphatic heterocycles. The highest BCUT2D eigenvalue weighted by atomic mass is 14.1. The van der Waals surface area contributed by atoms with Crippen LogP contribution in [0.5, 0.6) is 0 Å². The molecule has 0 radical (unpaired) electrons. The van der Waals surface area contributed by atoms with Crippen LogP contribution >= 0.6 is 0 Å². The summed E-state index contributed by atoms with van der Waals surface area (Å²) >= 11 is 0. The number of fused-ring (bicyclic) bond motifs is 1. The van der Waals surface area contributed by atoms with Gasteiger partial charge < -0.3 is 0 Å². The summed E-state index contributed by atoms with van der Waals surface area (Å²) in [5.74, 6) is 0. The van der Waals surface area contributed by atoms with E-state index in [2.05, 4.69) is 121 Å². The molecule has 0 saturated carbocycles. The highest BCUT2D eigenvalue weighted by molar-refractivity contribution is 6.05. The van der Waals surface area contributed by atoms with E-state index in [1.807, 2.05) is 0 Å². The summed E-state index contributed by atoms with van der Waals surface area (Å²) in [6.45, 7) is 0. The van der Waals surface area contributed by atoms with Crippen molar-refractivity contribution >= 4 is 10.8 Å². The Kier molecular flexibility index (Phi) is 4.23. The van der Waals surface area contributed by atoms with Crippen LogP contribution in [0, 0.1) is 0 Å². The Labute approximate surface area is 165 Å². The van der Waals surface area contributed by atoms with Crippen molar-refractivity contribution in [2.24, 2.45) is 0 Å². The summed E-state index contributed by atoms with van der Waals surface area (Å²) < 4.78 is 0. The minimum Gasteiger partial charge on any atom is -0.0622 e. The second-order valence-corrected chi connectivity index (χ2v) is 7.02. The molecule has 0 saturated heterocycles. The summed E-state index contributed by atoms with van der Waals surface area (Å²) in [7, 11) is 0. The van der Waals surface area contributed by atoms with Gasteiger partial charge in [0.2, 0.25) is 0 Å². The number of benzene rings is 5. The molecule has 0 aliphatic rings. The first-order valence-electron chi connectivity index (χ1n) is 9.63. The van der Waals surface area contributed by atoms with Crippen LogP contribution in [0.3, 0.4) is 0 Å². The van der Waals surface area contributed by atoms with E-state index in [1.165, 1.54) is 44.2 Å². The Morgan fingerprint density at radius 2 is 0.607 bits per heavy atom. The van der Waals surface area contributed by atoms with Gasteiger partial charge in [0.05, 0.1) is 0 Å². The van der Waals surface area contributed by atoms with Crippen LogP contribution in [-0.4, -0.2) is 0 Å². The number of hydrogen-bond donors (Lipinski definition) is 0. The minimum atomic E-state index is 1.24. The second-order valence-electron chi connectivity index (χ2n) is 7.02. The lowest BCUT2D eigenvalue weighted by molar-refractivity contribution is 1.60. The van der Waals surface area contributed by atoms with Crippen molar-refractivity contribution in [1.82, 2.24) is 0 Å². The van der Waals surface area contributed by atoms with Crippen molar-refractivity contribution < 1.29 is 0 Å². The molecule has 0 aromatic heterocycles. The topological polar surface area (TPSA) is 0 Å². The quantitative estimate of drug-likeness (QED) is 0.309. The Morgan fingerprint density at radius 3 is 1.14 bits per heavy atom. The second kappa shape index (κ2) is 7.17. The minimum absolute atomic E-state index is 1.24. The molecule has 0 heteroatoms. The Morgan fingerprint density at radius 1 is 0.250 bits per heavy atom. The molecule has 0 spiro atoms. The normalized spacial score (nSPS) is 10.9. The van der Waals surface area contributed by atoms with E-state index in [0.717, 1.165) is 0 Å². The highest BCUT2D eigenvalue weighted by Gasteiger charge is 2.09. The Hall–Kier alpha value is -3.64. The SMILES string of the molecule is c1ccc(-c2ccc(-c3ccc(-c4ccccc4)c4ccccc34)cc2)cc1. The molecule has 0 unspecified atom stereocenters. The van der Waals surface area contributed by atoms with E-state index in [4.69, 9.17) is 0 Å². The van der Waals surface area contributed by atoms with Gasteiger partial charge >= 0.3 is 0 Å². The van der Waals surface area contributed by atoms with E-state index >= 15 is 0 Å². The molecular formula is C28H20. The van der Waals surface area contributed by atoms with Crippen LogP contribution < -0.4 is 0 Å². The molecule has 0 bridgehead atoms. The predicted octanol–water partition coefficient (Wildman–Crippen LogP) is 7.84. The first-order valence-corrected chi connectivity index (χ1v) is 9.63. The lowest BCUT2D eigenvalue weighted by atomic mass is 9.91. The summed E-state index contributed by atoms with van der Waals surface area (Å²) in [4.78, 5) is 0. The van der Waals surface area contributed by atoms with Gasteiger partial charge in [-0.1, -0.05) is 121 Å². The Bertz CT molecular complexity index is 1220. The highest BCUT2D eigenvalue weighted by Crippen LogP contribution is 2.36. The maximum Gasteiger partial charge on any atom is -0.00992 e. The summed E-state index contributed by atoms with van der Waals surface area (Å²) in [6.07, 6.45) is 0. The van der Waals surface area contributed by atoms with Crippen molar-refractivity contribution in [3.05, 3.63) is 121 Å². The zero-order valence-corrected chi connectivity index (χ0v) is 15.5. The molecule has 132 valence electrons. The van der Waals surface area contributed by atoms with Gasteiger partial charge in [-0.05, 0) is 44.2 Å². The molecule has 5 rings (SSSR count). The summed E-state index contributed by atoms with van der Waals surface area (Å²) in [5, 5.41) is 2.58. The maximum atomic E-state index is 2.25. The monoisotopic (exact) mass is 356 g/mol. The van der Waals surface area contributed by atoms with Crippen LogP contribution in [-0.2, 0) is 0 Å².